The lowest BCUT2D eigenvalue weighted by atomic mass is 10.1. The van der Waals surface area contributed by atoms with Crippen LogP contribution < -0.4 is 5.32 Å². The number of rotatable bonds is 6. The average Bonchev–Trinajstić information content (AvgIpc) is 2.33. The van der Waals surface area contributed by atoms with Gasteiger partial charge < -0.3 is 5.32 Å². The summed E-state index contributed by atoms with van der Waals surface area (Å²) in [4.78, 5) is 22.5. The number of nitro benzene ring substituents is 1. The number of benzene rings is 1. The molecule has 0 aliphatic rings. The Kier molecular flexibility index (Phi) is 6.24. The predicted octanol–water partition coefficient (Wildman–Crippen LogP) is 3.54. The molecule has 7 heteroatoms. The molecule has 0 saturated carbocycles. The second-order valence-electron chi connectivity index (χ2n) is 4.07. The summed E-state index contributed by atoms with van der Waals surface area (Å²) in [5.41, 5.74) is -0.361. The Labute approximate surface area is 124 Å². The van der Waals surface area contributed by atoms with Crippen molar-refractivity contribution in [3.63, 3.8) is 0 Å². The number of amides is 1. The molecule has 5 nitrogen and oxygen atoms in total. The maximum atomic E-state index is 11.9. The lowest BCUT2D eigenvalue weighted by molar-refractivity contribution is -0.385. The molecule has 0 aliphatic heterocycles. The van der Waals surface area contributed by atoms with Crippen LogP contribution in [0.25, 0.3) is 0 Å². The normalized spacial score (nSPS) is 11.9. The number of alkyl halides is 1. The van der Waals surface area contributed by atoms with E-state index in [1.54, 1.807) is 0 Å². The Hall–Kier alpha value is -1.14. The second kappa shape index (κ2) is 7.45. The Morgan fingerprint density at radius 2 is 2.26 bits per heavy atom. The number of nitrogens with zero attached hydrogens (tertiary/aromatic N) is 1. The molecule has 1 aromatic carbocycles. The maximum Gasteiger partial charge on any atom is 0.283 e. The first-order valence-corrected chi connectivity index (χ1v) is 7.08. The third-order valence-electron chi connectivity index (χ3n) is 2.48. The summed E-state index contributed by atoms with van der Waals surface area (Å²) in [7, 11) is 0. The van der Waals surface area contributed by atoms with E-state index in [1.165, 1.54) is 18.2 Å². The minimum atomic E-state index is -0.610. The Balaban J connectivity index is 2.74. The first-order valence-electron chi connectivity index (χ1n) is 5.78. The van der Waals surface area contributed by atoms with Crippen LogP contribution in [0, 0.1) is 10.1 Å². The standard InChI is InChI=1S/C12H14BrClN2O3/c1-8(13)4-3-7-15-12(17)11-9(14)5-2-6-10(11)16(18)19/h2,5-6,8H,3-4,7H2,1H3,(H,15,17). The smallest absolute Gasteiger partial charge is 0.283 e. The van der Waals surface area contributed by atoms with E-state index in [-0.39, 0.29) is 16.3 Å². The van der Waals surface area contributed by atoms with Crippen LogP contribution in [0.5, 0.6) is 0 Å². The highest BCUT2D eigenvalue weighted by atomic mass is 79.9. The molecule has 1 atom stereocenters. The van der Waals surface area contributed by atoms with Crippen molar-refractivity contribution in [1.82, 2.24) is 5.32 Å². The topological polar surface area (TPSA) is 72.2 Å². The molecule has 1 N–H and O–H groups in total. The van der Waals surface area contributed by atoms with E-state index in [9.17, 15) is 14.9 Å². The van der Waals surface area contributed by atoms with Crippen molar-refractivity contribution in [1.29, 1.82) is 0 Å². The third kappa shape index (κ3) is 4.80. The molecule has 1 unspecified atom stereocenters. The molecule has 1 aromatic rings. The average molecular weight is 350 g/mol. The highest BCUT2D eigenvalue weighted by Gasteiger charge is 2.22. The van der Waals surface area contributed by atoms with Gasteiger partial charge in [-0.1, -0.05) is 40.5 Å². The molecule has 0 aliphatic carbocycles. The second-order valence-corrected chi connectivity index (χ2v) is 6.04. The summed E-state index contributed by atoms with van der Waals surface area (Å²) in [5.74, 6) is -0.514. The largest absolute Gasteiger partial charge is 0.352 e. The number of carbonyl (C=O) groups excluding carboxylic acids is 1. The van der Waals surface area contributed by atoms with Gasteiger partial charge in [0.2, 0.25) is 0 Å². The number of carbonyl (C=O) groups is 1. The van der Waals surface area contributed by atoms with Gasteiger partial charge in [-0.25, -0.2) is 0 Å². The summed E-state index contributed by atoms with van der Waals surface area (Å²) >= 11 is 9.26. The quantitative estimate of drug-likeness (QED) is 0.369. The zero-order valence-corrected chi connectivity index (χ0v) is 12.7. The van der Waals surface area contributed by atoms with Crippen LogP contribution in [0.2, 0.25) is 5.02 Å². The van der Waals surface area contributed by atoms with Crippen molar-refractivity contribution in [3.05, 3.63) is 38.9 Å². The van der Waals surface area contributed by atoms with Crippen molar-refractivity contribution in [3.8, 4) is 0 Å². The van der Waals surface area contributed by atoms with Gasteiger partial charge in [0.25, 0.3) is 11.6 Å². The monoisotopic (exact) mass is 348 g/mol. The number of hydrogen-bond acceptors (Lipinski definition) is 3. The molecular formula is C12H14BrClN2O3. The zero-order chi connectivity index (χ0) is 14.4. The first kappa shape index (κ1) is 15.9. The summed E-state index contributed by atoms with van der Waals surface area (Å²) in [5, 5.41) is 13.6. The Morgan fingerprint density at radius 1 is 1.58 bits per heavy atom. The van der Waals surface area contributed by atoms with Gasteiger partial charge in [0, 0.05) is 17.4 Å². The molecule has 0 fully saturated rings. The summed E-state index contributed by atoms with van der Waals surface area (Å²) in [6.45, 7) is 2.47. The molecule has 1 rings (SSSR count). The van der Waals surface area contributed by atoms with Crippen LogP contribution >= 0.6 is 27.5 Å². The van der Waals surface area contributed by atoms with Crippen molar-refractivity contribution in [2.45, 2.75) is 24.6 Å². The fraction of sp³-hybridized carbons (Fsp3) is 0.417. The summed E-state index contributed by atoms with van der Waals surface area (Å²) in [6, 6.07) is 4.18. The lowest BCUT2D eigenvalue weighted by Gasteiger charge is -2.08. The SMILES string of the molecule is CC(Br)CCCNC(=O)c1c(Cl)cccc1[N+](=O)[O-]. The molecule has 1 amide bonds. The van der Waals surface area contributed by atoms with Crippen molar-refractivity contribution in [2.24, 2.45) is 0 Å². The molecule has 19 heavy (non-hydrogen) atoms. The molecule has 0 aromatic heterocycles. The van der Waals surface area contributed by atoms with Gasteiger partial charge in [-0.3, -0.25) is 14.9 Å². The van der Waals surface area contributed by atoms with E-state index in [0.29, 0.717) is 11.4 Å². The Morgan fingerprint density at radius 3 is 2.84 bits per heavy atom. The minimum absolute atomic E-state index is 0.0824. The lowest BCUT2D eigenvalue weighted by Crippen LogP contribution is -2.25. The van der Waals surface area contributed by atoms with Gasteiger partial charge in [0.1, 0.15) is 5.56 Å². The maximum absolute atomic E-state index is 11.9. The van der Waals surface area contributed by atoms with Gasteiger partial charge in [0.05, 0.1) is 9.95 Å². The van der Waals surface area contributed by atoms with Gasteiger partial charge in [-0.15, -0.1) is 0 Å². The molecule has 0 spiro atoms. The van der Waals surface area contributed by atoms with E-state index in [1.807, 2.05) is 6.92 Å². The third-order valence-corrected chi connectivity index (χ3v) is 3.25. The van der Waals surface area contributed by atoms with E-state index in [4.69, 9.17) is 11.6 Å². The van der Waals surface area contributed by atoms with Gasteiger partial charge >= 0.3 is 0 Å². The number of hydrogen-bond donors (Lipinski definition) is 1. The van der Waals surface area contributed by atoms with Crippen molar-refractivity contribution >= 4 is 39.1 Å². The number of halogens is 2. The molecule has 0 bridgehead atoms. The highest BCUT2D eigenvalue weighted by Crippen LogP contribution is 2.25. The van der Waals surface area contributed by atoms with E-state index < -0.39 is 10.8 Å². The van der Waals surface area contributed by atoms with Crippen LogP contribution in [-0.4, -0.2) is 22.2 Å². The van der Waals surface area contributed by atoms with Gasteiger partial charge in [-0.2, -0.15) is 0 Å². The predicted molar refractivity (Wildman–Crippen MR) is 78.1 cm³/mol. The van der Waals surface area contributed by atoms with E-state index in [0.717, 1.165) is 12.8 Å². The molecule has 0 heterocycles. The van der Waals surface area contributed by atoms with Gasteiger partial charge in [-0.05, 0) is 18.9 Å². The van der Waals surface area contributed by atoms with Crippen molar-refractivity contribution in [2.75, 3.05) is 6.54 Å². The fourth-order valence-electron chi connectivity index (χ4n) is 1.56. The minimum Gasteiger partial charge on any atom is -0.352 e. The van der Waals surface area contributed by atoms with Crippen LogP contribution in [0.15, 0.2) is 18.2 Å². The van der Waals surface area contributed by atoms with Crippen molar-refractivity contribution < 1.29 is 9.72 Å². The highest BCUT2D eigenvalue weighted by molar-refractivity contribution is 9.09. The molecular weight excluding hydrogens is 336 g/mol. The summed E-state index contributed by atoms with van der Waals surface area (Å²) < 4.78 is 0. The van der Waals surface area contributed by atoms with Crippen LogP contribution in [0.3, 0.4) is 0 Å². The summed E-state index contributed by atoms with van der Waals surface area (Å²) in [6.07, 6.45) is 1.70. The number of nitro groups is 1. The number of nitrogens with one attached hydrogen (secondary N) is 1. The molecule has 0 radical (unpaired) electrons. The zero-order valence-electron chi connectivity index (χ0n) is 10.4. The first-order chi connectivity index (χ1) is 8.93. The fourth-order valence-corrected chi connectivity index (χ4v) is 2.14. The molecule has 0 saturated heterocycles. The van der Waals surface area contributed by atoms with Crippen LogP contribution in [0.1, 0.15) is 30.1 Å². The van der Waals surface area contributed by atoms with Crippen LogP contribution in [-0.2, 0) is 0 Å². The molecule has 104 valence electrons. The van der Waals surface area contributed by atoms with E-state index >= 15 is 0 Å². The Bertz CT molecular complexity index is 480. The van der Waals surface area contributed by atoms with Gasteiger partial charge in [0.15, 0.2) is 0 Å². The van der Waals surface area contributed by atoms with Crippen LogP contribution in [0.4, 0.5) is 5.69 Å². The van der Waals surface area contributed by atoms with E-state index in [2.05, 4.69) is 21.2 Å².